The van der Waals surface area contributed by atoms with E-state index in [1.807, 2.05) is 23.6 Å². The van der Waals surface area contributed by atoms with Crippen LogP contribution in [0.2, 0.25) is 0 Å². The number of aromatic amines is 1. The van der Waals surface area contributed by atoms with E-state index in [1.165, 1.54) is 12.1 Å². The highest BCUT2D eigenvalue weighted by atomic mass is 19.1. The molecule has 4 aromatic rings. The molecule has 2 aromatic heterocycles. The Morgan fingerprint density at radius 2 is 1.69 bits per heavy atom. The fourth-order valence-corrected chi connectivity index (χ4v) is 3.36. The topological polar surface area (TPSA) is 91.8 Å². The van der Waals surface area contributed by atoms with Crippen LogP contribution in [0.3, 0.4) is 0 Å². The summed E-state index contributed by atoms with van der Waals surface area (Å²) in [6.45, 7) is 3.63. The number of para-hydroxylation sites is 1. The second kappa shape index (κ2) is 7.23. The number of nitrogens with zero attached hydrogens (tertiary/aromatic N) is 2. The van der Waals surface area contributed by atoms with E-state index in [0.29, 0.717) is 16.6 Å². The number of carbonyl (C=O) groups is 2. The smallest absolute Gasteiger partial charge is 0.290 e. The van der Waals surface area contributed by atoms with Gasteiger partial charge in [-0.05, 0) is 50.2 Å². The molecule has 2 amide bonds. The fourth-order valence-electron chi connectivity index (χ4n) is 3.36. The van der Waals surface area contributed by atoms with E-state index in [-0.39, 0.29) is 11.5 Å². The van der Waals surface area contributed by atoms with Gasteiger partial charge in [-0.15, -0.1) is 0 Å². The average molecular weight is 391 g/mol. The van der Waals surface area contributed by atoms with Crippen LogP contribution in [0.5, 0.6) is 0 Å². The van der Waals surface area contributed by atoms with Crippen molar-refractivity contribution >= 4 is 22.7 Å². The van der Waals surface area contributed by atoms with Crippen molar-refractivity contribution in [2.75, 3.05) is 0 Å². The van der Waals surface area contributed by atoms with Crippen LogP contribution >= 0.6 is 0 Å². The largest absolute Gasteiger partial charge is 0.318 e. The SMILES string of the molecule is Cc1cc(C(=O)NNC(=O)c2n[nH]c3ccccc23)c(C)n1-c1ccc(F)cc1. The van der Waals surface area contributed by atoms with Crippen LogP contribution in [0.25, 0.3) is 16.6 Å². The van der Waals surface area contributed by atoms with Crippen molar-refractivity contribution in [2.45, 2.75) is 13.8 Å². The fraction of sp³-hybridized carbons (Fsp3) is 0.0952. The number of aryl methyl sites for hydroxylation is 1. The van der Waals surface area contributed by atoms with Gasteiger partial charge in [0.25, 0.3) is 11.8 Å². The number of aromatic nitrogens is 3. The number of carbonyl (C=O) groups excluding carboxylic acids is 2. The molecule has 0 aliphatic heterocycles. The normalized spacial score (nSPS) is 10.9. The van der Waals surface area contributed by atoms with E-state index in [4.69, 9.17) is 0 Å². The van der Waals surface area contributed by atoms with Crippen molar-refractivity contribution in [1.29, 1.82) is 0 Å². The predicted octanol–water partition coefficient (Wildman–Crippen LogP) is 3.18. The molecule has 2 aromatic carbocycles. The van der Waals surface area contributed by atoms with Crippen molar-refractivity contribution in [1.82, 2.24) is 25.6 Å². The first-order valence-electron chi connectivity index (χ1n) is 8.94. The maximum atomic E-state index is 13.2. The monoisotopic (exact) mass is 391 g/mol. The van der Waals surface area contributed by atoms with Gasteiger partial charge in [-0.3, -0.25) is 25.5 Å². The highest BCUT2D eigenvalue weighted by Gasteiger charge is 2.19. The van der Waals surface area contributed by atoms with Gasteiger partial charge in [0.05, 0.1) is 11.1 Å². The predicted molar refractivity (Wildman–Crippen MR) is 106 cm³/mol. The molecule has 0 fully saturated rings. The Bertz CT molecular complexity index is 1220. The molecule has 0 saturated heterocycles. The number of benzene rings is 2. The lowest BCUT2D eigenvalue weighted by Gasteiger charge is -2.10. The van der Waals surface area contributed by atoms with E-state index < -0.39 is 11.8 Å². The summed E-state index contributed by atoms with van der Waals surface area (Å²) in [7, 11) is 0. The van der Waals surface area contributed by atoms with E-state index in [0.717, 1.165) is 16.9 Å². The van der Waals surface area contributed by atoms with Gasteiger partial charge in [-0.1, -0.05) is 18.2 Å². The summed E-state index contributed by atoms with van der Waals surface area (Å²) in [5.41, 5.74) is 8.37. The summed E-state index contributed by atoms with van der Waals surface area (Å²) in [5, 5.41) is 7.44. The molecule has 0 saturated carbocycles. The Morgan fingerprint density at radius 3 is 2.45 bits per heavy atom. The van der Waals surface area contributed by atoms with E-state index in [9.17, 15) is 14.0 Å². The van der Waals surface area contributed by atoms with Gasteiger partial charge in [0, 0.05) is 22.5 Å². The number of fused-ring (bicyclic) bond motifs is 1. The third-order valence-corrected chi connectivity index (χ3v) is 4.74. The first-order chi connectivity index (χ1) is 14.0. The van der Waals surface area contributed by atoms with Crippen molar-refractivity contribution in [3.63, 3.8) is 0 Å². The van der Waals surface area contributed by atoms with Crippen LogP contribution < -0.4 is 10.9 Å². The van der Waals surface area contributed by atoms with Crippen molar-refractivity contribution in [2.24, 2.45) is 0 Å². The first kappa shape index (κ1) is 18.4. The molecule has 0 aliphatic rings. The summed E-state index contributed by atoms with van der Waals surface area (Å²) in [4.78, 5) is 25.0. The van der Waals surface area contributed by atoms with Crippen molar-refractivity contribution in [3.05, 3.63) is 83.1 Å². The zero-order chi connectivity index (χ0) is 20.5. The molecule has 7 nitrogen and oxygen atoms in total. The lowest BCUT2D eigenvalue weighted by Crippen LogP contribution is -2.42. The maximum Gasteiger partial charge on any atom is 0.290 e. The first-order valence-corrected chi connectivity index (χ1v) is 8.94. The second-order valence-corrected chi connectivity index (χ2v) is 6.62. The van der Waals surface area contributed by atoms with Crippen molar-refractivity contribution in [3.8, 4) is 5.69 Å². The Balaban J connectivity index is 1.52. The number of rotatable bonds is 3. The van der Waals surface area contributed by atoms with Gasteiger partial charge in [-0.2, -0.15) is 5.10 Å². The number of hydrogen-bond donors (Lipinski definition) is 3. The second-order valence-electron chi connectivity index (χ2n) is 6.62. The number of hydrazine groups is 1. The minimum atomic E-state index is -0.525. The highest BCUT2D eigenvalue weighted by Crippen LogP contribution is 2.21. The number of halogens is 1. The molecule has 8 heteroatoms. The van der Waals surface area contributed by atoms with Gasteiger partial charge in [0.1, 0.15) is 5.82 Å². The molecule has 3 N–H and O–H groups in total. The number of H-pyrrole nitrogens is 1. The minimum absolute atomic E-state index is 0.192. The lowest BCUT2D eigenvalue weighted by molar-refractivity contribution is 0.0844. The molecular formula is C21H18FN5O2. The van der Waals surface area contributed by atoms with Crippen LogP contribution in [-0.4, -0.2) is 26.6 Å². The van der Waals surface area contributed by atoms with Gasteiger partial charge < -0.3 is 4.57 Å². The average Bonchev–Trinajstić information content (AvgIpc) is 3.28. The Hall–Kier alpha value is -3.94. The summed E-state index contributed by atoms with van der Waals surface area (Å²) >= 11 is 0. The molecule has 0 radical (unpaired) electrons. The quantitative estimate of drug-likeness (QED) is 0.469. The van der Waals surface area contributed by atoms with E-state index >= 15 is 0 Å². The maximum absolute atomic E-state index is 13.2. The Kier molecular flexibility index (Phi) is 4.59. The van der Waals surface area contributed by atoms with Crippen LogP contribution in [0.4, 0.5) is 4.39 Å². The third-order valence-electron chi connectivity index (χ3n) is 4.74. The summed E-state index contributed by atoms with van der Waals surface area (Å²) in [5.74, 6) is -1.31. The zero-order valence-electron chi connectivity index (χ0n) is 15.8. The minimum Gasteiger partial charge on any atom is -0.318 e. The van der Waals surface area contributed by atoms with Crippen LogP contribution in [0.1, 0.15) is 32.2 Å². The van der Waals surface area contributed by atoms with Gasteiger partial charge in [0.15, 0.2) is 5.69 Å². The number of hydrogen-bond acceptors (Lipinski definition) is 3. The van der Waals surface area contributed by atoms with Crippen LogP contribution in [0, 0.1) is 19.7 Å². The molecular weight excluding hydrogens is 373 g/mol. The van der Waals surface area contributed by atoms with Crippen LogP contribution in [0.15, 0.2) is 54.6 Å². The number of nitrogens with one attached hydrogen (secondary N) is 3. The van der Waals surface area contributed by atoms with Crippen LogP contribution in [-0.2, 0) is 0 Å². The number of amides is 2. The molecule has 0 aliphatic carbocycles. The summed E-state index contributed by atoms with van der Waals surface area (Å²) in [6.07, 6.45) is 0. The van der Waals surface area contributed by atoms with Crippen molar-refractivity contribution < 1.29 is 14.0 Å². The highest BCUT2D eigenvalue weighted by molar-refractivity contribution is 6.06. The molecule has 29 heavy (non-hydrogen) atoms. The molecule has 2 heterocycles. The van der Waals surface area contributed by atoms with E-state index in [2.05, 4.69) is 21.0 Å². The van der Waals surface area contributed by atoms with Gasteiger partial charge >= 0.3 is 0 Å². The molecule has 0 unspecified atom stereocenters. The van der Waals surface area contributed by atoms with Gasteiger partial charge in [-0.25, -0.2) is 4.39 Å². The van der Waals surface area contributed by atoms with Gasteiger partial charge in [0.2, 0.25) is 0 Å². The Morgan fingerprint density at radius 1 is 1.00 bits per heavy atom. The molecule has 0 atom stereocenters. The summed E-state index contributed by atoms with van der Waals surface area (Å²) < 4.78 is 15.1. The standard InChI is InChI=1S/C21H18FN5O2/c1-12-11-17(13(2)27(12)15-9-7-14(22)8-10-15)20(28)25-26-21(29)19-16-5-3-4-6-18(16)23-24-19/h3-11H,1-2H3,(H,23,24)(H,25,28)(H,26,29). The van der Waals surface area contributed by atoms with E-state index in [1.54, 1.807) is 37.3 Å². The molecule has 146 valence electrons. The molecule has 0 spiro atoms. The third kappa shape index (κ3) is 3.36. The molecule has 0 bridgehead atoms. The zero-order valence-corrected chi connectivity index (χ0v) is 15.8. The summed E-state index contributed by atoms with van der Waals surface area (Å²) in [6, 6.07) is 14.9. The lowest BCUT2D eigenvalue weighted by atomic mass is 10.2. The molecule has 4 rings (SSSR count). The Labute approximate surface area is 165 Å².